The SMILES string of the molecule is O=c1oc2c(c(O)c1C(c1cccc(NS(=O)(=O)CCC(Cl)NS(=O)(=O)c3ccccc3)c1)C1CC1)CCCCCC2. The Kier molecular flexibility index (Phi) is 9.31. The van der Waals surface area contributed by atoms with E-state index >= 15 is 0 Å². The highest BCUT2D eigenvalue weighted by Gasteiger charge is 2.38. The van der Waals surface area contributed by atoms with Gasteiger partial charge in [0.15, 0.2) is 0 Å². The van der Waals surface area contributed by atoms with Crippen LogP contribution in [-0.4, -0.2) is 33.2 Å². The quantitative estimate of drug-likeness (QED) is 0.194. The number of hydrogen-bond acceptors (Lipinski definition) is 7. The molecule has 2 unspecified atom stereocenters. The maximum absolute atomic E-state index is 13.2. The summed E-state index contributed by atoms with van der Waals surface area (Å²) in [5.41, 5.74) is 0.275. The van der Waals surface area contributed by atoms with Crippen molar-refractivity contribution in [1.29, 1.82) is 0 Å². The van der Waals surface area contributed by atoms with E-state index in [9.17, 15) is 26.7 Å². The number of hydrogen-bond donors (Lipinski definition) is 3. The lowest BCUT2D eigenvalue weighted by Crippen LogP contribution is -2.33. The van der Waals surface area contributed by atoms with Crippen LogP contribution >= 0.6 is 11.6 Å². The van der Waals surface area contributed by atoms with Crippen molar-refractivity contribution in [3.63, 3.8) is 0 Å². The summed E-state index contributed by atoms with van der Waals surface area (Å²) in [7, 11) is -7.79. The molecule has 42 heavy (non-hydrogen) atoms. The minimum atomic E-state index is -3.90. The predicted molar refractivity (Wildman–Crippen MR) is 162 cm³/mol. The van der Waals surface area contributed by atoms with Crippen LogP contribution in [0.4, 0.5) is 5.69 Å². The highest BCUT2D eigenvalue weighted by Crippen LogP contribution is 2.49. The van der Waals surface area contributed by atoms with Crippen molar-refractivity contribution in [1.82, 2.24) is 4.72 Å². The Hall–Kier alpha value is -2.86. The van der Waals surface area contributed by atoms with Gasteiger partial charge >= 0.3 is 5.63 Å². The first-order valence-corrected chi connectivity index (χ1v) is 17.8. The Labute approximate surface area is 251 Å². The number of halogens is 1. The molecule has 1 saturated carbocycles. The number of nitrogens with one attached hydrogen (secondary N) is 2. The van der Waals surface area contributed by atoms with Crippen LogP contribution in [-0.2, 0) is 32.9 Å². The summed E-state index contributed by atoms with van der Waals surface area (Å²) >= 11 is 6.16. The topological polar surface area (TPSA) is 143 Å². The van der Waals surface area contributed by atoms with Crippen LogP contribution in [0.5, 0.6) is 5.75 Å². The monoisotopic (exact) mass is 634 g/mol. The first kappa shape index (κ1) is 30.6. The summed E-state index contributed by atoms with van der Waals surface area (Å²) in [4.78, 5) is 13.2. The molecule has 2 atom stereocenters. The molecular formula is C30H35ClN2O7S2. The van der Waals surface area contributed by atoms with Gasteiger partial charge in [0.2, 0.25) is 20.0 Å². The van der Waals surface area contributed by atoms with Gasteiger partial charge in [0.05, 0.1) is 21.7 Å². The number of alkyl halides is 1. The zero-order valence-corrected chi connectivity index (χ0v) is 25.5. The highest BCUT2D eigenvalue weighted by atomic mass is 35.5. The van der Waals surface area contributed by atoms with Gasteiger partial charge in [0.1, 0.15) is 11.5 Å². The molecule has 226 valence electrons. The molecule has 0 aliphatic heterocycles. The minimum absolute atomic E-state index is 0.0112. The number of aryl methyl sites for hydroxylation is 1. The van der Waals surface area contributed by atoms with Gasteiger partial charge < -0.3 is 9.52 Å². The fourth-order valence-electron chi connectivity index (χ4n) is 5.58. The third-order valence-electron chi connectivity index (χ3n) is 7.79. The van der Waals surface area contributed by atoms with Crippen molar-refractivity contribution in [3.05, 3.63) is 87.5 Å². The highest BCUT2D eigenvalue weighted by molar-refractivity contribution is 7.92. The van der Waals surface area contributed by atoms with Gasteiger partial charge in [0.25, 0.3) is 0 Å². The molecule has 0 bridgehead atoms. The number of anilines is 1. The molecule has 3 aromatic rings. The van der Waals surface area contributed by atoms with Crippen LogP contribution in [0.1, 0.15) is 73.3 Å². The molecule has 1 heterocycles. The van der Waals surface area contributed by atoms with Gasteiger partial charge in [-0.25, -0.2) is 21.6 Å². The van der Waals surface area contributed by atoms with E-state index < -0.39 is 42.8 Å². The van der Waals surface area contributed by atoms with Gasteiger partial charge in [-0.3, -0.25) is 4.72 Å². The molecule has 0 saturated heterocycles. The first-order valence-electron chi connectivity index (χ1n) is 14.2. The normalized spacial score (nSPS) is 17.5. The van der Waals surface area contributed by atoms with Gasteiger partial charge in [-0.2, -0.15) is 4.72 Å². The summed E-state index contributed by atoms with van der Waals surface area (Å²) in [6, 6.07) is 14.5. The maximum Gasteiger partial charge on any atom is 0.343 e. The molecule has 2 aliphatic rings. The van der Waals surface area contributed by atoms with E-state index in [0.717, 1.165) is 38.5 Å². The average molecular weight is 635 g/mol. The lowest BCUT2D eigenvalue weighted by atomic mass is 9.85. The molecule has 1 aromatic heterocycles. The maximum atomic E-state index is 13.2. The molecule has 5 rings (SSSR count). The van der Waals surface area contributed by atoms with E-state index in [0.29, 0.717) is 35.4 Å². The zero-order chi connectivity index (χ0) is 29.9. The van der Waals surface area contributed by atoms with E-state index in [2.05, 4.69) is 9.44 Å². The molecule has 2 aromatic carbocycles. The van der Waals surface area contributed by atoms with Crippen LogP contribution in [0.15, 0.2) is 68.7 Å². The van der Waals surface area contributed by atoms with Crippen LogP contribution in [0, 0.1) is 5.92 Å². The lowest BCUT2D eigenvalue weighted by molar-refractivity contribution is 0.382. The van der Waals surface area contributed by atoms with Gasteiger partial charge in [-0.15, -0.1) is 11.6 Å². The van der Waals surface area contributed by atoms with Crippen molar-refractivity contribution in [2.24, 2.45) is 5.92 Å². The van der Waals surface area contributed by atoms with Crippen molar-refractivity contribution in [3.8, 4) is 5.75 Å². The van der Waals surface area contributed by atoms with Gasteiger partial charge in [-0.05, 0) is 74.3 Å². The molecule has 9 nitrogen and oxygen atoms in total. The molecule has 0 spiro atoms. The van der Waals surface area contributed by atoms with Crippen LogP contribution in [0.25, 0.3) is 0 Å². The van der Waals surface area contributed by atoms with E-state index in [-0.39, 0.29) is 28.5 Å². The van der Waals surface area contributed by atoms with Crippen molar-refractivity contribution < 1.29 is 26.4 Å². The third-order valence-corrected chi connectivity index (χ3v) is 11.1. The molecule has 0 radical (unpaired) electrons. The van der Waals surface area contributed by atoms with Gasteiger partial charge in [0, 0.05) is 23.6 Å². The van der Waals surface area contributed by atoms with Crippen molar-refractivity contribution >= 4 is 37.3 Å². The second kappa shape index (κ2) is 12.8. The predicted octanol–water partition coefficient (Wildman–Crippen LogP) is 5.22. The van der Waals surface area contributed by atoms with Crippen molar-refractivity contribution in [2.45, 2.75) is 74.1 Å². The fraction of sp³-hybridized carbons (Fsp3) is 0.433. The summed E-state index contributed by atoms with van der Waals surface area (Å²) < 4.78 is 61.4. The Morgan fingerprint density at radius 1 is 0.952 bits per heavy atom. The lowest BCUT2D eigenvalue weighted by Gasteiger charge is -2.22. The molecule has 0 amide bonds. The number of sulfonamides is 2. The molecule has 1 fully saturated rings. The summed E-state index contributed by atoms with van der Waals surface area (Å²) in [6.45, 7) is 0. The molecular weight excluding hydrogens is 600 g/mol. The Morgan fingerprint density at radius 2 is 1.67 bits per heavy atom. The number of benzene rings is 2. The van der Waals surface area contributed by atoms with Crippen LogP contribution < -0.4 is 15.1 Å². The Balaban J connectivity index is 1.32. The smallest absolute Gasteiger partial charge is 0.343 e. The Bertz CT molecular complexity index is 1690. The largest absolute Gasteiger partial charge is 0.507 e. The summed E-state index contributed by atoms with van der Waals surface area (Å²) in [5.74, 6) is -0.144. The van der Waals surface area contributed by atoms with E-state index in [1.807, 2.05) is 6.07 Å². The fourth-order valence-corrected chi connectivity index (χ4v) is 8.41. The van der Waals surface area contributed by atoms with E-state index in [1.54, 1.807) is 36.4 Å². The summed E-state index contributed by atoms with van der Waals surface area (Å²) in [6.07, 6.45) is 6.82. The number of rotatable bonds is 11. The molecule has 12 heteroatoms. The minimum Gasteiger partial charge on any atom is -0.507 e. The second-order valence-electron chi connectivity index (χ2n) is 11.0. The van der Waals surface area contributed by atoms with Crippen LogP contribution in [0.3, 0.4) is 0 Å². The van der Waals surface area contributed by atoms with Gasteiger partial charge in [-0.1, -0.05) is 43.2 Å². The van der Waals surface area contributed by atoms with E-state index in [4.69, 9.17) is 16.0 Å². The Morgan fingerprint density at radius 3 is 2.38 bits per heavy atom. The second-order valence-corrected chi connectivity index (χ2v) is 15.1. The van der Waals surface area contributed by atoms with Crippen LogP contribution in [0.2, 0.25) is 0 Å². The summed E-state index contributed by atoms with van der Waals surface area (Å²) in [5, 5.41) is 11.3. The average Bonchev–Trinajstić information content (AvgIpc) is 3.76. The number of aromatic hydroxyl groups is 1. The standard InChI is InChI=1S/C30H35ClN2O7S2/c31-26(33-42(38,39)23-11-4-3-5-12-23)17-18-41(36,37)32-22-10-8-9-21(19-22)27(20-15-16-20)28-29(34)24-13-6-1-2-7-14-25(24)40-30(28)35/h3-5,8-12,19-20,26-27,32-34H,1-2,6-7,13-18H2. The molecule has 2 aliphatic carbocycles. The third kappa shape index (κ3) is 7.37. The zero-order valence-electron chi connectivity index (χ0n) is 23.1. The van der Waals surface area contributed by atoms with Crippen molar-refractivity contribution in [2.75, 3.05) is 10.5 Å². The first-order chi connectivity index (χ1) is 20.0. The number of fused-ring (bicyclic) bond motifs is 1. The molecule has 3 N–H and O–H groups in total. The van der Waals surface area contributed by atoms with E-state index in [1.165, 1.54) is 12.1 Å².